The van der Waals surface area contributed by atoms with Crippen LogP contribution in [0.5, 0.6) is 5.75 Å². The normalized spacial score (nSPS) is 10.7. The van der Waals surface area contributed by atoms with E-state index in [0.717, 1.165) is 18.2 Å². The summed E-state index contributed by atoms with van der Waals surface area (Å²) in [5.74, 6) is -0.427. The van der Waals surface area contributed by atoms with Gasteiger partial charge in [0.25, 0.3) is 5.91 Å². The molecule has 24 heavy (non-hydrogen) atoms. The van der Waals surface area contributed by atoms with Gasteiger partial charge in [0.2, 0.25) is 0 Å². The molecule has 2 rings (SSSR count). The Morgan fingerprint density at radius 1 is 1.21 bits per heavy atom. The molecule has 6 heteroatoms. The van der Waals surface area contributed by atoms with Crippen molar-refractivity contribution in [1.29, 1.82) is 0 Å². The fourth-order valence-corrected chi connectivity index (χ4v) is 2.49. The van der Waals surface area contributed by atoms with Crippen LogP contribution < -0.4 is 15.0 Å². The average Bonchev–Trinajstić information content (AvgIpc) is 2.52. The van der Waals surface area contributed by atoms with Crippen LogP contribution in [0.25, 0.3) is 0 Å². The molecule has 0 spiro atoms. The molecule has 0 radical (unpaired) electrons. The number of hydrogen-bond donors (Lipinski definition) is 2. The summed E-state index contributed by atoms with van der Waals surface area (Å²) < 4.78 is 18.3. The van der Waals surface area contributed by atoms with Crippen molar-refractivity contribution in [3.63, 3.8) is 0 Å². The molecule has 2 aromatic rings. The van der Waals surface area contributed by atoms with E-state index in [2.05, 4.69) is 25.5 Å². The molecule has 0 heterocycles. The Labute approximate surface area is 146 Å². The van der Waals surface area contributed by atoms with Crippen molar-refractivity contribution >= 4 is 17.5 Å². The number of carbonyl (C=O) groups is 1. The van der Waals surface area contributed by atoms with Gasteiger partial charge >= 0.3 is 0 Å². The summed E-state index contributed by atoms with van der Waals surface area (Å²) in [6.07, 6.45) is 0. The van der Waals surface area contributed by atoms with Crippen molar-refractivity contribution < 1.29 is 18.8 Å². The summed E-state index contributed by atoms with van der Waals surface area (Å²) in [6, 6.07) is 11.8. The van der Waals surface area contributed by atoms with Crippen molar-refractivity contribution in [2.24, 2.45) is 0 Å². The first-order valence-electron chi connectivity index (χ1n) is 7.66. The van der Waals surface area contributed by atoms with E-state index >= 15 is 0 Å². The van der Waals surface area contributed by atoms with Crippen LogP contribution in [0.4, 0.5) is 4.39 Å². The molecule has 0 atom stereocenters. The van der Waals surface area contributed by atoms with Gasteiger partial charge in [-0.3, -0.25) is 4.79 Å². The minimum absolute atomic E-state index is 0.141. The monoisotopic (exact) mass is 351 g/mol. The third-order valence-electron chi connectivity index (χ3n) is 3.39. The van der Waals surface area contributed by atoms with Gasteiger partial charge in [0.05, 0.1) is 19.1 Å². The minimum atomic E-state index is -0.448. The smallest absolute Gasteiger partial charge is 0.258 e. The van der Waals surface area contributed by atoms with Crippen LogP contribution in [-0.4, -0.2) is 26.6 Å². The molecule has 0 aliphatic carbocycles. The van der Waals surface area contributed by atoms with Crippen LogP contribution >= 0.6 is 11.6 Å². The third kappa shape index (κ3) is 5.51. The van der Waals surface area contributed by atoms with Gasteiger partial charge < -0.3 is 15.0 Å². The number of halogens is 2. The Morgan fingerprint density at radius 3 is 2.58 bits per heavy atom. The standard InChI is InChI=1S/C18H20ClFN2O2/c1-22(2)11-14-6-4-3-5-13(14)10-21-18(23)12-24-17-8-7-15(20)9-16(17)19/h3-9H,10-12H2,1-2H3,(H,21,23)/p+1. The summed E-state index contributed by atoms with van der Waals surface area (Å²) in [6.45, 7) is 1.14. The second-order valence-electron chi connectivity index (χ2n) is 5.79. The zero-order chi connectivity index (χ0) is 17.5. The first kappa shape index (κ1) is 18.2. The van der Waals surface area contributed by atoms with E-state index in [9.17, 15) is 9.18 Å². The first-order valence-corrected chi connectivity index (χ1v) is 8.04. The van der Waals surface area contributed by atoms with E-state index in [1.54, 1.807) is 0 Å². The van der Waals surface area contributed by atoms with Crippen molar-refractivity contribution in [2.75, 3.05) is 20.7 Å². The molecule has 2 N–H and O–H groups in total. The Morgan fingerprint density at radius 2 is 1.92 bits per heavy atom. The maximum Gasteiger partial charge on any atom is 0.258 e. The number of rotatable bonds is 7. The van der Waals surface area contributed by atoms with E-state index in [0.29, 0.717) is 6.54 Å². The van der Waals surface area contributed by atoms with Gasteiger partial charge in [-0.1, -0.05) is 35.9 Å². The van der Waals surface area contributed by atoms with Crippen LogP contribution in [0.1, 0.15) is 11.1 Å². The van der Waals surface area contributed by atoms with Crippen LogP contribution in [0.3, 0.4) is 0 Å². The maximum atomic E-state index is 13.0. The number of ether oxygens (including phenoxy) is 1. The molecule has 0 unspecified atom stereocenters. The van der Waals surface area contributed by atoms with Gasteiger partial charge in [0.15, 0.2) is 6.61 Å². The van der Waals surface area contributed by atoms with E-state index < -0.39 is 5.82 Å². The molecule has 0 saturated carbocycles. The lowest BCUT2D eigenvalue weighted by atomic mass is 10.1. The maximum absolute atomic E-state index is 13.0. The highest BCUT2D eigenvalue weighted by Gasteiger charge is 2.09. The molecule has 0 fully saturated rings. The molecule has 0 aliphatic heterocycles. The highest BCUT2D eigenvalue weighted by Crippen LogP contribution is 2.24. The quantitative estimate of drug-likeness (QED) is 0.799. The second kappa shape index (κ2) is 8.66. The zero-order valence-corrected chi connectivity index (χ0v) is 14.5. The summed E-state index contributed by atoms with van der Waals surface area (Å²) in [5.41, 5.74) is 2.27. The third-order valence-corrected chi connectivity index (χ3v) is 3.69. The molecule has 0 saturated heterocycles. The number of hydrogen-bond acceptors (Lipinski definition) is 2. The second-order valence-corrected chi connectivity index (χ2v) is 6.20. The van der Waals surface area contributed by atoms with Gasteiger partial charge in [-0.25, -0.2) is 4.39 Å². The molecule has 1 amide bonds. The minimum Gasteiger partial charge on any atom is -0.482 e. The fourth-order valence-electron chi connectivity index (χ4n) is 2.26. The summed E-state index contributed by atoms with van der Waals surface area (Å²) in [7, 11) is 4.16. The number of carbonyl (C=O) groups excluding carboxylic acids is 1. The highest BCUT2D eigenvalue weighted by atomic mass is 35.5. The SMILES string of the molecule is C[NH+](C)Cc1ccccc1CNC(=O)COc1ccc(F)cc1Cl. The topological polar surface area (TPSA) is 42.8 Å². The Bertz CT molecular complexity index is 707. The lowest BCUT2D eigenvalue weighted by molar-refractivity contribution is -0.872. The molecule has 0 aromatic heterocycles. The molecular formula is C18H21ClFN2O2+. The van der Waals surface area contributed by atoms with Crippen LogP contribution in [0, 0.1) is 5.82 Å². The summed E-state index contributed by atoms with van der Waals surface area (Å²) in [4.78, 5) is 13.3. The van der Waals surface area contributed by atoms with Gasteiger partial charge in [0, 0.05) is 12.1 Å². The first-order chi connectivity index (χ1) is 11.5. The number of nitrogens with one attached hydrogen (secondary N) is 2. The zero-order valence-electron chi connectivity index (χ0n) is 13.7. The van der Waals surface area contributed by atoms with Crippen molar-refractivity contribution in [1.82, 2.24) is 5.32 Å². The number of benzene rings is 2. The predicted molar refractivity (Wildman–Crippen MR) is 91.7 cm³/mol. The van der Waals surface area contributed by atoms with Crippen LogP contribution in [0.2, 0.25) is 5.02 Å². The van der Waals surface area contributed by atoms with E-state index in [4.69, 9.17) is 16.3 Å². The van der Waals surface area contributed by atoms with Gasteiger partial charge in [-0.2, -0.15) is 0 Å². The lowest BCUT2D eigenvalue weighted by Crippen LogP contribution is -3.04. The largest absolute Gasteiger partial charge is 0.482 e. The summed E-state index contributed by atoms with van der Waals surface area (Å²) in [5, 5.41) is 2.96. The Hall–Kier alpha value is -2.11. The van der Waals surface area contributed by atoms with Gasteiger partial charge in [-0.15, -0.1) is 0 Å². The molecule has 2 aromatic carbocycles. The van der Waals surface area contributed by atoms with Crippen LogP contribution in [0.15, 0.2) is 42.5 Å². The fraction of sp³-hybridized carbons (Fsp3) is 0.278. The average molecular weight is 352 g/mol. The molecule has 128 valence electrons. The Kier molecular flexibility index (Phi) is 6.58. The molecule has 0 bridgehead atoms. The number of amides is 1. The van der Waals surface area contributed by atoms with E-state index in [-0.39, 0.29) is 23.3 Å². The highest BCUT2D eigenvalue weighted by molar-refractivity contribution is 6.32. The van der Waals surface area contributed by atoms with Crippen molar-refractivity contribution in [3.8, 4) is 5.75 Å². The Balaban J connectivity index is 1.87. The predicted octanol–water partition coefficient (Wildman–Crippen LogP) is 1.82. The van der Waals surface area contributed by atoms with E-state index in [1.807, 2.05) is 18.2 Å². The molecular weight excluding hydrogens is 331 g/mol. The summed E-state index contributed by atoms with van der Waals surface area (Å²) >= 11 is 5.86. The van der Waals surface area contributed by atoms with Crippen molar-refractivity contribution in [3.05, 3.63) is 64.4 Å². The van der Waals surface area contributed by atoms with Crippen LogP contribution in [-0.2, 0) is 17.9 Å². The molecule has 4 nitrogen and oxygen atoms in total. The lowest BCUT2D eigenvalue weighted by Gasteiger charge is -2.13. The van der Waals surface area contributed by atoms with Gasteiger partial charge in [0.1, 0.15) is 18.1 Å². The number of quaternary nitrogens is 1. The van der Waals surface area contributed by atoms with E-state index in [1.165, 1.54) is 22.6 Å². The molecule has 0 aliphatic rings. The van der Waals surface area contributed by atoms with Crippen molar-refractivity contribution in [2.45, 2.75) is 13.1 Å². The van der Waals surface area contributed by atoms with Gasteiger partial charge in [-0.05, 0) is 23.8 Å².